The average Bonchev–Trinajstić information content (AvgIpc) is 3.28. The third kappa shape index (κ3) is 3.74. The van der Waals surface area contributed by atoms with E-state index in [-0.39, 0.29) is 18.4 Å². The Bertz CT molecular complexity index is 1080. The highest BCUT2D eigenvalue weighted by molar-refractivity contribution is 5.79. The third-order valence-corrected chi connectivity index (χ3v) is 5.18. The topological polar surface area (TPSA) is 90.6 Å². The molecule has 0 spiro atoms. The number of ether oxygens (including phenoxy) is 2. The summed E-state index contributed by atoms with van der Waals surface area (Å²) in [5.41, 5.74) is 4.57. The minimum Gasteiger partial charge on any atom is -0.494 e. The molecule has 1 aromatic carbocycles. The number of carbonyl (C=O) groups is 1. The van der Waals surface area contributed by atoms with E-state index in [1.165, 1.54) is 6.33 Å². The highest BCUT2D eigenvalue weighted by Gasteiger charge is 2.22. The second-order valence-corrected chi connectivity index (χ2v) is 7.32. The number of aryl methyl sites for hydroxylation is 2. The van der Waals surface area contributed by atoms with E-state index in [1.54, 1.807) is 4.52 Å². The van der Waals surface area contributed by atoms with Gasteiger partial charge < -0.3 is 14.8 Å². The molecular weight excluding hydrogens is 370 g/mol. The number of hydrogen-bond acceptors (Lipinski definition) is 6. The minimum absolute atomic E-state index is 0.0882. The predicted octanol–water partition coefficient (Wildman–Crippen LogP) is 2.32. The average molecular weight is 395 g/mol. The van der Waals surface area contributed by atoms with Crippen molar-refractivity contribution in [3.05, 3.63) is 46.5 Å². The van der Waals surface area contributed by atoms with Crippen molar-refractivity contribution in [2.24, 2.45) is 0 Å². The molecule has 8 nitrogen and oxygen atoms in total. The van der Waals surface area contributed by atoms with Crippen LogP contribution in [0.4, 0.5) is 0 Å². The second-order valence-electron chi connectivity index (χ2n) is 7.32. The van der Waals surface area contributed by atoms with Crippen LogP contribution in [0.1, 0.15) is 41.9 Å². The fraction of sp³-hybridized carbons (Fsp3) is 0.429. The van der Waals surface area contributed by atoms with E-state index in [2.05, 4.69) is 20.4 Å². The van der Waals surface area contributed by atoms with Crippen LogP contribution in [-0.4, -0.2) is 38.2 Å². The van der Waals surface area contributed by atoms with Crippen molar-refractivity contribution < 1.29 is 14.3 Å². The molecule has 1 N–H and O–H groups in total. The summed E-state index contributed by atoms with van der Waals surface area (Å²) in [5.74, 6) is 2.12. The van der Waals surface area contributed by atoms with Crippen molar-refractivity contribution in [2.45, 2.75) is 53.2 Å². The fourth-order valence-corrected chi connectivity index (χ4v) is 3.74. The van der Waals surface area contributed by atoms with Crippen LogP contribution in [0.3, 0.4) is 0 Å². The summed E-state index contributed by atoms with van der Waals surface area (Å²) in [6.45, 7) is 8.75. The van der Waals surface area contributed by atoms with Crippen molar-refractivity contribution in [3.63, 3.8) is 0 Å². The molecule has 29 heavy (non-hydrogen) atoms. The molecule has 1 aliphatic heterocycles. The minimum atomic E-state index is -0.0882. The van der Waals surface area contributed by atoms with Crippen molar-refractivity contribution >= 4 is 11.7 Å². The zero-order valence-corrected chi connectivity index (χ0v) is 17.2. The SMILES string of the molecule is CCOc1cc2c(cc1CNC(=O)Cc1c(C)nc3ncnn3c1C)O[C@H](C)C2. The highest BCUT2D eigenvalue weighted by Crippen LogP contribution is 2.35. The lowest BCUT2D eigenvalue weighted by molar-refractivity contribution is -0.120. The normalized spacial score (nSPS) is 15.2. The van der Waals surface area contributed by atoms with Gasteiger partial charge in [-0.1, -0.05) is 0 Å². The summed E-state index contributed by atoms with van der Waals surface area (Å²) < 4.78 is 13.3. The van der Waals surface area contributed by atoms with Crippen LogP contribution in [0.15, 0.2) is 18.5 Å². The molecule has 1 amide bonds. The van der Waals surface area contributed by atoms with E-state index in [0.717, 1.165) is 46.0 Å². The monoisotopic (exact) mass is 395 g/mol. The summed E-state index contributed by atoms with van der Waals surface area (Å²) in [6, 6.07) is 4.00. The summed E-state index contributed by atoms with van der Waals surface area (Å²) >= 11 is 0. The van der Waals surface area contributed by atoms with Crippen LogP contribution in [0, 0.1) is 13.8 Å². The quantitative estimate of drug-likeness (QED) is 0.689. The van der Waals surface area contributed by atoms with Gasteiger partial charge in [-0.15, -0.1) is 0 Å². The Kier molecular flexibility index (Phi) is 5.08. The van der Waals surface area contributed by atoms with Crippen LogP contribution in [0.2, 0.25) is 0 Å². The zero-order valence-electron chi connectivity index (χ0n) is 17.2. The Labute approximate surface area is 169 Å². The van der Waals surface area contributed by atoms with Crippen molar-refractivity contribution in [2.75, 3.05) is 6.61 Å². The number of hydrogen-bond donors (Lipinski definition) is 1. The molecule has 0 bridgehead atoms. The van der Waals surface area contributed by atoms with Gasteiger partial charge in [-0.3, -0.25) is 4.79 Å². The number of benzene rings is 1. The van der Waals surface area contributed by atoms with Crippen molar-refractivity contribution in [3.8, 4) is 11.5 Å². The van der Waals surface area contributed by atoms with Gasteiger partial charge in [0.25, 0.3) is 5.78 Å². The first-order valence-electron chi connectivity index (χ1n) is 9.84. The number of carbonyl (C=O) groups excluding carboxylic acids is 1. The van der Waals surface area contributed by atoms with Gasteiger partial charge in [-0.05, 0) is 39.8 Å². The fourth-order valence-electron chi connectivity index (χ4n) is 3.74. The molecular formula is C21H25N5O3. The van der Waals surface area contributed by atoms with Crippen molar-refractivity contribution in [1.29, 1.82) is 0 Å². The molecule has 152 valence electrons. The summed E-state index contributed by atoms with van der Waals surface area (Å²) in [4.78, 5) is 21.2. The maximum Gasteiger partial charge on any atom is 0.252 e. The molecule has 0 aliphatic carbocycles. The highest BCUT2D eigenvalue weighted by atomic mass is 16.5. The Morgan fingerprint density at radius 1 is 1.38 bits per heavy atom. The van der Waals surface area contributed by atoms with E-state index in [0.29, 0.717) is 18.9 Å². The molecule has 0 fully saturated rings. The van der Waals surface area contributed by atoms with Crippen LogP contribution < -0.4 is 14.8 Å². The van der Waals surface area contributed by atoms with Crippen LogP contribution >= 0.6 is 0 Å². The van der Waals surface area contributed by atoms with E-state index >= 15 is 0 Å². The first-order valence-corrected chi connectivity index (χ1v) is 9.84. The lowest BCUT2D eigenvalue weighted by atomic mass is 10.1. The van der Waals surface area contributed by atoms with E-state index in [4.69, 9.17) is 9.47 Å². The van der Waals surface area contributed by atoms with E-state index < -0.39 is 0 Å². The molecule has 4 rings (SSSR count). The number of amides is 1. The number of rotatable bonds is 6. The Balaban J connectivity index is 1.50. The summed E-state index contributed by atoms with van der Waals surface area (Å²) in [6.07, 6.45) is 2.72. The van der Waals surface area contributed by atoms with Crippen LogP contribution in [0.5, 0.6) is 11.5 Å². The molecule has 3 aromatic rings. The van der Waals surface area contributed by atoms with Gasteiger partial charge in [-0.2, -0.15) is 10.1 Å². The molecule has 1 aliphatic rings. The smallest absolute Gasteiger partial charge is 0.252 e. The number of aromatic nitrogens is 4. The number of nitrogens with one attached hydrogen (secondary N) is 1. The summed E-state index contributed by atoms with van der Waals surface area (Å²) in [5, 5.41) is 7.17. The molecule has 0 saturated heterocycles. The maximum absolute atomic E-state index is 12.7. The maximum atomic E-state index is 12.7. The van der Waals surface area contributed by atoms with E-state index in [1.807, 2.05) is 39.8 Å². The van der Waals surface area contributed by atoms with Gasteiger partial charge in [0.15, 0.2) is 0 Å². The first kappa shape index (κ1) is 19.2. The van der Waals surface area contributed by atoms with Crippen LogP contribution in [-0.2, 0) is 24.2 Å². The lowest BCUT2D eigenvalue weighted by Crippen LogP contribution is -2.26. The molecule has 0 radical (unpaired) electrons. The van der Waals surface area contributed by atoms with Gasteiger partial charge in [0.05, 0.1) is 13.0 Å². The Hall–Kier alpha value is -3.16. The van der Waals surface area contributed by atoms with Gasteiger partial charge in [0.1, 0.15) is 23.9 Å². The lowest BCUT2D eigenvalue weighted by Gasteiger charge is -2.14. The predicted molar refractivity (Wildman–Crippen MR) is 107 cm³/mol. The van der Waals surface area contributed by atoms with Crippen LogP contribution in [0.25, 0.3) is 5.78 Å². The molecule has 1 atom stereocenters. The molecule has 2 aromatic heterocycles. The first-order chi connectivity index (χ1) is 14.0. The molecule has 0 unspecified atom stereocenters. The Morgan fingerprint density at radius 3 is 3.00 bits per heavy atom. The number of fused-ring (bicyclic) bond motifs is 2. The van der Waals surface area contributed by atoms with E-state index in [9.17, 15) is 4.79 Å². The number of nitrogens with zero attached hydrogens (tertiary/aromatic N) is 4. The Morgan fingerprint density at radius 2 is 2.21 bits per heavy atom. The van der Waals surface area contributed by atoms with Gasteiger partial charge >= 0.3 is 0 Å². The standard InChI is InChI=1S/C21H25N5O3/c1-5-28-18-7-15-6-12(2)29-19(15)8-16(18)10-22-20(27)9-17-13(3)25-21-23-11-24-26(21)14(17)4/h7-8,11-12H,5-6,9-10H2,1-4H3,(H,22,27)/t12-/m1/s1. The summed E-state index contributed by atoms with van der Waals surface area (Å²) in [7, 11) is 0. The third-order valence-electron chi connectivity index (χ3n) is 5.18. The molecule has 3 heterocycles. The molecule has 8 heteroatoms. The molecule has 0 saturated carbocycles. The van der Waals surface area contributed by atoms with Gasteiger partial charge in [0, 0.05) is 41.0 Å². The second kappa shape index (κ2) is 7.69. The van der Waals surface area contributed by atoms with Crippen molar-refractivity contribution in [1.82, 2.24) is 24.9 Å². The van der Waals surface area contributed by atoms with Gasteiger partial charge in [-0.25, -0.2) is 9.50 Å². The van der Waals surface area contributed by atoms with Gasteiger partial charge in [0.2, 0.25) is 5.91 Å². The largest absolute Gasteiger partial charge is 0.494 e. The zero-order chi connectivity index (χ0) is 20.5.